The molecule has 0 radical (unpaired) electrons. The van der Waals surface area contributed by atoms with Gasteiger partial charge in [0.05, 0.1) is 16.3 Å². The lowest BCUT2D eigenvalue weighted by atomic mass is 10.2. The van der Waals surface area contributed by atoms with E-state index in [-0.39, 0.29) is 27.9 Å². The molecule has 37 heavy (non-hydrogen) atoms. The van der Waals surface area contributed by atoms with Gasteiger partial charge in [-0.25, -0.2) is 21.1 Å². The van der Waals surface area contributed by atoms with Crippen LogP contribution < -0.4 is 5.32 Å². The second-order valence-corrected chi connectivity index (χ2v) is 14.0. The number of halogens is 3. The maximum Gasteiger partial charge on any atom is 0.243 e. The summed E-state index contributed by atoms with van der Waals surface area (Å²) in [7, 11) is -4.76. The topological polar surface area (TPSA) is 104 Å². The monoisotopic (exact) mass is 647 g/mol. The summed E-state index contributed by atoms with van der Waals surface area (Å²) in [5.74, 6) is -0.546. The van der Waals surface area contributed by atoms with E-state index in [9.17, 15) is 21.6 Å². The van der Waals surface area contributed by atoms with Gasteiger partial charge >= 0.3 is 0 Å². The number of nitrogens with zero attached hydrogens (tertiary/aromatic N) is 2. The first-order valence-electron chi connectivity index (χ1n) is 10.8. The second kappa shape index (κ2) is 12.2. The Morgan fingerprint density at radius 3 is 2.00 bits per heavy atom. The highest BCUT2D eigenvalue weighted by Crippen LogP contribution is 2.26. The first-order chi connectivity index (χ1) is 17.3. The number of rotatable bonds is 10. The van der Waals surface area contributed by atoms with E-state index in [2.05, 4.69) is 21.2 Å². The van der Waals surface area contributed by atoms with E-state index >= 15 is 0 Å². The molecule has 3 aromatic carbocycles. The molecule has 0 aliphatic rings. The number of nitrogens with one attached hydrogen (secondary N) is 1. The summed E-state index contributed by atoms with van der Waals surface area (Å²) in [5.41, 5.74) is 1.13. The van der Waals surface area contributed by atoms with Crippen LogP contribution in [0.2, 0.25) is 10.0 Å². The molecular formula is C24H24BrCl2N3O5S2. The fraction of sp³-hybridized carbons (Fsp3) is 0.208. The molecule has 0 aromatic heterocycles. The third kappa shape index (κ3) is 7.53. The molecule has 198 valence electrons. The van der Waals surface area contributed by atoms with Gasteiger partial charge in [0, 0.05) is 41.7 Å². The summed E-state index contributed by atoms with van der Waals surface area (Å²) in [6.07, 6.45) is 0. The van der Waals surface area contributed by atoms with Crippen LogP contribution in [0.1, 0.15) is 11.1 Å². The van der Waals surface area contributed by atoms with Crippen LogP contribution in [0.3, 0.4) is 0 Å². The predicted octanol–water partition coefficient (Wildman–Crippen LogP) is 4.51. The van der Waals surface area contributed by atoms with Gasteiger partial charge in [-0.1, -0.05) is 57.3 Å². The van der Waals surface area contributed by atoms with Crippen molar-refractivity contribution in [3.63, 3.8) is 0 Å². The number of carbonyl (C=O) groups excluding carboxylic acids is 1. The van der Waals surface area contributed by atoms with Crippen LogP contribution in [-0.4, -0.2) is 52.0 Å². The molecule has 13 heteroatoms. The highest BCUT2D eigenvalue weighted by molar-refractivity contribution is 9.10. The summed E-state index contributed by atoms with van der Waals surface area (Å²) in [5, 5.41) is 3.36. The summed E-state index contributed by atoms with van der Waals surface area (Å²) in [6.45, 7) is -0.543. The Balaban J connectivity index is 1.78. The second-order valence-electron chi connectivity index (χ2n) is 8.17. The van der Waals surface area contributed by atoms with Gasteiger partial charge in [-0.2, -0.15) is 4.31 Å². The molecule has 1 amide bonds. The van der Waals surface area contributed by atoms with E-state index in [4.69, 9.17) is 23.2 Å². The Hall–Kier alpha value is -1.99. The van der Waals surface area contributed by atoms with Crippen LogP contribution in [0.15, 0.2) is 81.0 Å². The summed E-state index contributed by atoms with van der Waals surface area (Å²) in [4.78, 5) is 13.0. The van der Waals surface area contributed by atoms with Crippen LogP contribution in [0.5, 0.6) is 0 Å². The van der Waals surface area contributed by atoms with E-state index in [1.165, 1.54) is 44.4 Å². The summed E-state index contributed by atoms with van der Waals surface area (Å²) < 4.78 is 54.2. The average molecular weight is 649 g/mol. The molecule has 0 aliphatic carbocycles. The fourth-order valence-corrected chi connectivity index (χ4v) is 6.24. The minimum atomic E-state index is -4.06. The van der Waals surface area contributed by atoms with Gasteiger partial charge in [0.2, 0.25) is 26.0 Å². The third-order valence-electron chi connectivity index (χ3n) is 5.32. The molecule has 1 N–H and O–H groups in total. The van der Waals surface area contributed by atoms with Crippen molar-refractivity contribution in [2.45, 2.75) is 22.9 Å². The average Bonchev–Trinajstić information content (AvgIpc) is 2.84. The van der Waals surface area contributed by atoms with Crippen LogP contribution >= 0.6 is 39.1 Å². The number of amides is 1. The maximum atomic E-state index is 13.4. The Labute approximate surface area is 235 Å². The van der Waals surface area contributed by atoms with Crippen molar-refractivity contribution in [1.82, 2.24) is 13.9 Å². The zero-order chi connectivity index (χ0) is 27.4. The highest BCUT2D eigenvalue weighted by Gasteiger charge is 2.27. The standard InChI is InChI=1S/C24H24BrCl2N3O5S2/c1-29(2)36(32,33)21-9-3-17(4-10-21)14-28-24(31)16-30(15-18-5-8-20(26)13-23(18)27)37(34,35)22-11-6-19(25)7-12-22/h3-13H,14-16H2,1-2H3,(H,28,31). The molecule has 0 spiro atoms. The minimum Gasteiger partial charge on any atom is -0.351 e. The molecule has 3 aromatic rings. The van der Waals surface area contributed by atoms with Crippen molar-refractivity contribution in [2.24, 2.45) is 0 Å². The van der Waals surface area contributed by atoms with Gasteiger partial charge in [-0.15, -0.1) is 0 Å². The van der Waals surface area contributed by atoms with E-state index in [1.807, 2.05) is 0 Å². The third-order valence-corrected chi connectivity index (χ3v) is 10.1. The summed E-state index contributed by atoms with van der Waals surface area (Å²) in [6, 6.07) is 16.8. The molecule has 0 unspecified atom stereocenters. The van der Waals surface area contributed by atoms with E-state index in [0.29, 0.717) is 20.6 Å². The van der Waals surface area contributed by atoms with E-state index in [1.54, 1.807) is 36.4 Å². The Kier molecular flexibility index (Phi) is 9.79. The molecule has 0 aliphatic heterocycles. The number of hydrogen-bond donors (Lipinski definition) is 1. The van der Waals surface area contributed by atoms with Crippen molar-refractivity contribution in [1.29, 1.82) is 0 Å². The number of hydrogen-bond acceptors (Lipinski definition) is 5. The van der Waals surface area contributed by atoms with Crippen molar-refractivity contribution >= 4 is 65.1 Å². The summed E-state index contributed by atoms with van der Waals surface area (Å²) >= 11 is 15.5. The lowest BCUT2D eigenvalue weighted by Gasteiger charge is -2.22. The number of carbonyl (C=O) groups is 1. The normalized spacial score (nSPS) is 12.2. The molecule has 0 saturated heterocycles. The Morgan fingerprint density at radius 2 is 1.43 bits per heavy atom. The highest BCUT2D eigenvalue weighted by atomic mass is 79.9. The van der Waals surface area contributed by atoms with Crippen molar-refractivity contribution in [3.05, 3.63) is 92.4 Å². The zero-order valence-electron chi connectivity index (χ0n) is 19.9. The molecule has 0 fully saturated rings. The quantitative estimate of drug-likeness (QED) is 0.348. The van der Waals surface area contributed by atoms with Gasteiger partial charge in [0.25, 0.3) is 0 Å². The molecular weight excluding hydrogens is 625 g/mol. The fourth-order valence-electron chi connectivity index (χ4n) is 3.23. The lowest BCUT2D eigenvalue weighted by molar-refractivity contribution is -0.121. The number of benzene rings is 3. The van der Waals surface area contributed by atoms with Gasteiger partial charge in [-0.3, -0.25) is 4.79 Å². The lowest BCUT2D eigenvalue weighted by Crippen LogP contribution is -2.40. The molecule has 0 bridgehead atoms. The van der Waals surface area contributed by atoms with Crippen molar-refractivity contribution in [3.8, 4) is 0 Å². The molecule has 0 heterocycles. The minimum absolute atomic E-state index is 0.0197. The van der Waals surface area contributed by atoms with Gasteiger partial charge in [0.1, 0.15) is 0 Å². The van der Waals surface area contributed by atoms with Gasteiger partial charge < -0.3 is 5.32 Å². The van der Waals surface area contributed by atoms with Crippen LogP contribution in [-0.2, 0) is 37.9 Å². The van der Waals surface area contributed by atoms with Gasteiger partial charge in [0.15, 0.2) is 0 Å². The smallest absolute Gasteiger partial charge is 0.243 e. The maximum absolute atomic E-state index is 13.4. The van der Waals surface area contributed by atoms with Crippen molar-refractivity contribution in [2.75, 3.05) is 20.6 Å². The molecule has 8 nitrogen and oxygen atoms in total. The SMILES string of the molecule is CN(C)S(=O)(=O)c1ccc(CNC(=O)CN(Cc2ccc(Cl)cc2Cl)S(=O)(=O)c2ccc(Br)cc2)cc1. The van der Waals surface area contributed by atoms with Gasteiger partial charge in [-0.05, 0) is 59.7 Å². The van der Waals surface area contributed by atoms with Crippen molar-refractivity contribution < 1.29 is 21.6 Å². The van der Waals surface area contributed by atoms with Crippen LogP contribution in [0.25, 0.3) is 0 Å². The first kappa shape index (κ1) is 29.6. The van der Waals surface area contributed by atoms with Crippen LogP contribution in [0.4, 0.5) is 0 Å². The molecule has 0 saturated carbocycles. The molecule has 0 atom stereocenters. The first-order valence-corrected chi connectivity index (χ1v) is 15.2. The largest absolute Gasteiger partial charge is 0.351 e. The Morgan fingerprint density at radius 1 is 0.865 bits per heavy atom. The predicted molar refractivity (Wildman–Crippen MR) is 147 cm³/mol. The van der Waals surface area contributed by atoms with E-state index in [0.717, 1.165) is 8.61 Å². The Bertz CT molecular complexity index is 1480. The zero-order valence-corrected chi connectivity index (χ0v) is 24.6. The van der Waals surface area contributed by atoms with Crippen LogP contribution in [0, 0.1) is 0 Å². The van der Waals surface area contributed by atoms with E-state index < -0.39 is 32.5 Å². The molecule has 3 rings (SSSR count). The number of sulfonamides is 2.